The smallest absolute Gasteiger partial charge is 0.0699 e. The Labute approximate surface area is 237 Å². The van der Waals surface area contributed by atoms with Crippen molar-refractivity contribution in [1.29, 1.82) is 0 Å². The molecule has 8 aromatic rings. The van der Waals surface area contributed by atoms with Gasteiger partial charge in [0, 0.05) is 38.8 Å². The van der Waals surface area contributed by atoms with Crippen molar-refractivity contribution in [3.63, 3.8) is 0 Å². The summed E-state index contributed by atoms with van der Waals surface area (Å²) in [7, 11) is 0. The summed E-state index contributed by atoms with van der Waals surface area (Å²) in [6, 6.07) is 39.2. The molecule has 0 saturated carbocycles. The third kappa shape index (κ3) is 3.42. The molecule has 0 fully saturated rings. The zero-order valence-electron chi connectivity index (χ0n) is 22.8. The Morgan fingerprint density at radius 2 is 1.32 bits per heavy atom. The standard InChI is InChI=1S/C38H27N3/c1-3-25(33-16-11-12-20-39-33)21-27(4-2)40-35-18-9-7-15-29(35)31-23-32-30(24-38(31)40)28-14-6-10-19-36(28)41-34-17-8-5-13-26(34)22-37(32)41/h3-24H,2H2,1H3/b25-3+,27-21+. The van der Waals surface area contributed by atoms with Gasteiger partial charge < -0.3 is 8.97 Å². The van der Waals surface area contributed by atoms with Crippen LogP contribution < -0.4 is 0 Å². The second-order valence-corrected chi connectivity index (χ2v) is 10.4. The molecule has 0 aliphatic rings. The SMILES string of the molecule is C=C/C(=C\C(=C/C)c1ccccn1)n1c2ccccc2c2cc3c(cc21)c1ccccc1n1c2ccccc2cc31. The van der Waals surface area contributed by atoms with Crippen LogP contribution in [-0.4, -0.2) is 14.0 Å². The van der Waals surface area contributed by atoms with Crippen molar-refractivity contribution in [2.45, 2.75) is 6.92 Å². The molecule has 0 bridgehead atoms. The molecule has 0 aliphatic heterocycles. The molecule has 0 aliphatic carbocycles. The Balaban J connectivity index is 1.53. The van der Waals surface area contributed by atoms with Crippen molar-refractivity contribution in [3.8, 4) is 0 Å². The zero-order valence-corrected chi connectivity index (χ0v) is 22.8. The van der Waals surface area contributed by atoms with Crippen molar-refractivity contribution in [2.75, 3.05) is 0 Å². The van der Waals surface area contributed by atoms with Gasteiger partial charge in [0.25, 0.3) is 0 Å². The van der Waals surface area contributed by atoms with E-state index < -0.39 is 0 Å². The van der Waals surface area contributed by atoms with E-state index in [1.54, 1.807) is 0 Å². The monoisotopic (exact) mass is 525 g/mol. The Hall–Kier alpha value is -5.41. The lowest BCUT2D eigenvalue weighted by atomic mass is 10.0. The van der Waals surface area contributed by atoms with E-state index >= 15 is 0 Å². The average molecular weight is 526 g/mol. The van der Waals surface area contributed by atoms with Crippen LogP contribution in [0.5, 0.6) is 0 Å². The fraction of sp³-hybridized carbons (Fsp3) is 0.0263. The molecule has 194 valence electrons. The third-order valence-corrected chi connectivity index (χ3v) is 8.28. The molecule has 8 rings (SSSR count). The van der Waals surface area contributed by atoms with Crippen LogP contribution in [0.15, 0.2) is 140 Å². The molecular formula is C38H27N3. The molecule has 0 N–H and O–H groups in total. The first-order valence-electron chi connectivity index (χ1n) is 14.0. The highest BCUT2D eigenvalue weighted by atomic mass is 15.0. The van der Waals surface area contributed by atoms with Crippen LogP contribution in [0, 0.1) is 0 Å². The van der Waals surface area contributed by atoms with Gasteiger partial charge in [-0.3, -0.25) is 4.98 Å². The van der Waals surface area contributed by atoms with Crippen LogP contribution in [0.3, 0.4) is 0 Å². The van der Waals surface area contributed by atoms with E-state index in [9.17, 15) is 0 Å². The van der Waals surface area contributed by atoms with Crippen LogP contribution in [-0.2, 0) is 0 Å². The highest BCUT2D eigenvalue weighted by Crippen LogP contribution is 2.40. The number of rotatable bonds is 4. The summed E-state index contributed by atoms with van der Waals surface area (Å²) in [6.45, 7) is 6.30. The van der Waals surface area contributed by atoms with Crippen LogP contribution in [0.25, 0.3) is 71.2 Å². The summed E-state index contributed by atoms with van der Waals surface area (Å²) in [4.78, 5) is 4.61. The summed E-state index contributed by atoms with van der Waals surface area (Å²) < 4.78 is 4.76. The number of pyridine rings is 2. The van der Waals surface area contributed by atoms with E-state index in [0.29, 0.717) is 0 Å². The Bertz CT molecular complexity index is 2380. The molecule has 4 heterocycles. The number of allylic oxidation sites excluding steroid dienone is 5. The quantitative estimate of drug-likeness (QED) is 0.165. The minimum absolute atomic E-state index is 0.939. The number of benzene rings is 4. The fourth-order valence-electron chi connectivity index (χ4n) is 6.45. The lowest BCUT2D eigenvalue weighted by Crippen LogP contribution is -1.97. The number of hydrogen-bond acceptors (Lipinski definition) is 1. The van der Waals surface area contributed by atoms with Crippen LogP contribution in [0.2, 0.25) is 0 Å². The topological polar surface area (TPSA) is 22.2 Å². The number of hydrogen-bond donors (Lipinski definition) is 0. The third-order valence-electron chi connectivity index (χ3n) is 8.28. The van der Waals surface area contributed by atoms with Gasteiger partial charge in [0.05, 0.1) is 33.3 Å². The second kappa shape index (κ2) is 9.07. The van der Waals surface area contributed by atoms with Gasteiger partial charge in [-0.2, -0.15) is 0 Å². The van der Waals surface area contributed by atoms with Crippen LogP contribution >= 0.6 is 0 Å². The first-order valence-corrected chi connectivity index (χ1v) is 14.0. The molecule has 0 spiro atoms. The highest BCUT2D eigenvalue weighted by Gasteiger charge is 2.18. The average Bonchev–Trinajstić information content (AvgIpc) is 3.58. The number of nitrogens with zero attached hydrogens (tertiary/aromatic N) is 3. The van der Waals surface area contributed by atoms with Crippen molar-refractivity contribution < 1.29 is 0 Å². The largest absolute Gasteiger partial charge is 0.309 e. The number of aromatic nitrogens is 3. The van der Waals surface area contributed by atoms with E-state index in [4.69, 9.17) is 0 Å². The van der Waals surface area contributed by atoms with Gasteiger partial charge in [-0.15, -0.1) is 0 Å². The van der Waals surface area contributed by atoms with Crippen LogP contribution in [0.1, 0.15) is 12.6 Å². The second-order valence-electron chi connectivity index (χ2n) is 10.4. The minimum Gasteiger partial charge on any atom is -0.309 e. The van der Waals surface area contributed by atoms with E-state index in [-0.39, 0.29) is 0 Å². The van der Waals surface area contributed by atoms with Gasteiger partial charge >= 0.3 is 0 Å². The molecule has 41 heavy (non-hydrogen) atoms. The molecule has 0 amide bonds. The summed E-state index contributed by atoms with van der Waals surface area (Å²) in [5.74, 6) is 0. The van der Waals surface area contributed by atoms with Crippen molar-refractivity contribution in [3.05, 3.63) is 146 Å². The molecule has 3 heteroatoms. The maximum absolute atomic E-state index is 4.61. The first kappa shape index (κ1) is 23.5. The van der Waals surface area contributed by atoms with Gasteiger partial charge in [-0.05, 0) is 78.6 Å². The molecule has 0 radical (unpaired) electrons. The summed E-state index contributed by atoms with van der Waals surface area (Å²) in [6.07, 6.45) is 8.08. The highest BCUT2D eigenvalue weighted by molar-refractivity contribution is 6.22. The maximum atomic E-state index is 4.61. The summed E-state index contributed by atoms with van der Waals surface area (Å²) in [5.41, 5.74) is 8.98. The van der Waals surface area contributed by atoms with Crippen molar-refractivity contribution >= 4 is 71.2 Å². The first-order chi connectivity index (χ1) is 20.3. The van der Waals surface area contributed by atoms with Gasteiger partial charge in [0.15, 0.2) is 0 Å². The Morgan fingerprint density at radius 1 is 0.634 bits per heavy atom. The molecule has 0 unspecified atom stereocenters. The van der Waals surface area contributed by atoms with Gasteiger partial charge in [0.1, 0.15) is 0 Å². The normalized spacial score (nSPS) is 12.9. The van der Waals surface area contributed by atoms with Crippen molar-refractivity contribution in [1.82, 2.24) is 14.0 Å². The maximum Gasteiger partial charge on any atom is 0.0699 e. The fourth-order valence-corrected chi connectivity index (χ4v) is 6.45. The lowest BCUT2D eigenvalue weighted by Gasteiger charge is -2.13. The lowest BCUT2D eigenvalue weighted by molar-refractivity contribution is 1.23. The molecule has 4 aromatic carbocycles. The number of para-hydroxylation sites is 3. The van der Waals surface area contributed by atoms with Gasteiger partial charge in [-0.1, -0.05) is 73.3 Å². The number of fused-ring (bicyclic) bond motifs is 11. The predicted molar refractivity (Wildman–Crippen MR) is 175 cm³/mol. The molecular weight excluding hydrogens is 498 g/mol. The van der Waals surface area contributed by atoms with Crippen LogP contribution in [0.4, 0.5) is 0 Å². The van der Waals surface area contributed by atoms with E-state index in [2.05, 4.69) is 131 Å². The Morgan fingerprint density at radius 3 is 2.07 bits per heavy atom. The van der Waals surface area contributed by atoms with E-state index in [0.717, 1.165) is 28.0 Å². The molecule has 0 saturated heterocycles. The minimum atomic E-state index is 0.939. The Kier molecular flexibility index (Phi) is 5.19. The van der Waals surface area contributed by atoms with E-state index in [1.807, 2.05) is 30.5 Å². The van der Waals surface area contributed by atoms with Gasteiger partial charge in [0.2, 0.25) is 0 Å². The zero-order chi connectivity index (χ0) is 27.5. The summed E-state index contributed by atoms with van der Waals surface area (Å²) in [5, 5.41) is 7.43. The molecule has 4 aromatic heterocycles. The molecule has 3 nitrogen and oxygen atoms in total. The predicted octanol–water partition coefficient (Wildman–Crippen LogP) is 10.0. The van der Waals surface area contributed by atoms with Crippen molar-refractivity contribution in [2.24, 2.45) is 0 Å². The van der Waals surface area contributed by atoms with Gasteiger partial charge in [-0.25, -0.2) is 0 Å². The summed E-state index contributed by atoms with van der Waals surface area (Å²) >= 11 is 0. The van der Waals surface area contributed by atoms with E-state index in [1.165, 1.54) is 48.9 Å². The molecule has 0 atom stereocenters.